The second-order valence-corrected chi connectivity index (χ2v) is 5.07. The van der Waals surface area contributed by atoms with E-state index in [0.29, 0.717) is 5.69 Å². The Balaban J connectivity index is 2.11. The first-order valence-electron chi connectivity index (χ1n) is 6.08. The van der Waals surface area contributed by atoms with Gasteiger partial charge < -0.3 is 5.73 Å². The van der Waals surface area contributed by atoms with Gasteiger partial charge in [-0.2, -0.15) is 0 Å². The van der Waals surface area contributed by atoms with Crippen molar-refractivity contribution in [1.29, 1.82) is 5.41 Å². The fourth-order valence-corrected chi connectivity index (χ4v) is 2.43. The molecule has 1 aliphatic heterocycles. The predicted molar refractivity (Wildman–Crippen MR) is 68.9 cm³/mol. The quantitative estimate of drug-likeness (QED) is 0.612. The van der Waals surface area contributed by atoms with Crippen LogP contribution in [0.3, 0.4) is 0 Å². The van der Waals surface area contributed by atoms with E-state index >= 15 is 0 Å². The van der Waals surface area contributed by atoms with Crippen LogP contribution in [-0.2, 0) is 6.54 Å². The van der Waals surface area contributed by atoms with Crippen molar-refractivity contribution in [2.24, 2.45) is 17.6 Å². The lowest BCUT2D eigenvalue weighted by molar-refractivity contribution is 0.315. The van der Waals surface area contributed by atoms with Crippen LogP contribution in [-0.4, -0.2) is 28.8 Å². The van der Waals surface area contributed by atoms with Crippen LogP contribution >= 0.6 is 0 Å². The fourth-order valence-electron chi connectivity index (χ4n) is 2.43. The van der Waals surface area contributed by atoms with Crippen LogP contribution in [0, 0.1) is 17.2 Å². The molecule has 2 atom stereocenters. The number of hydrogen-bond donors (Lipinski definition) is 2. The summed E-state index contributed by atoms with van der Waals surface area (Å²) in [6, 6.07) is 3.92. The van der Waals surface area contributed by atoms with Crippen molar-refractivity contribution in [2.75, 3.05) is 13.1 Å². The van der Waals surface area contributed by atoms with Crippen molar-refractivity contribution in [3.63, 3.8) is 0 Å². The van der Waals surface area contributed by atoms with Gasteiger partial charge in [-0.3, -0.25) is 15.3 Å². The lowest BCUT2D eigenvalue weighted by Crippen LogP contribution is -2.23. The Labute approximate surface area is 102 Å². The summed E-state index contributed by atoms with van der Waals surface area (Å²) in [4.78, 5) is 6.60. The Morgan fingerprint density at radius 2 is 2.12 bits per heavy atom. The third kappa shape index (κ3) is 2.64. The van der Waals surface area contributed by atoms with Crippen LogP contribution in [0.1, 0.15) is 25.1 Å². The van der Waals surface area contributed by atoms with Gasteiger partial charge in [-0.25, -0.2) is 0 Å². The topological polar surface area (TPSA) is 66.0 Å². The van der Waals surface area contributed by atoms with E-state index in [1.54, 1.807) is 6.20 Å². The third-order valence-corrected chi connectivity index (χ3v) is 3.60. The standard InChI is InChI=1S/C13H20N4/c1-9-6-17(7-10(9)2)8-11-4-3-5-16-12(11)13(14)15/h3-5,9-10H,6-8H2,1-2H3,(H3,14,15). The molecule has 4 heteroatoms. The molecule has 0 saturated carbocycles. The number of amidine groups is 1. The maximum Gasteiger partial charge on any atom is 0.142 e. The van der Waals surface area contributed by atoms with E-state index in [-0.39, 0.29) is 5.84 Å². The molecule has 17 heavy (non-hydrogen) atoms. The van der Waals surface area contributed by atoms with Crippen LogP contribution in [0.25, 0.3) is 0 Å². The molecule has 0 aromatic carbocycles. The molecule has 3 N–H and O–H groups in total. The lowest BCUT2D eigenvalue weighted by atomic mass is 10.0. The zero-order valence-electron chi connectivity index (χ0n) is 10.5. The average Bonchev–Trinajstić information content (AvgIpc) is 2.58. The monoisotopic (exact) mass is 232 g/mol. The molecule has 1 fully saturated rings. The molecular weight excluding hydrogens is 212 g/mol. The van der Waals surface area contributed by atoms with Gasteiger partial charge in [-0.15, -0.1) is 0 Å². The van der Waals surface area contributed by atoms with Crippen molar-refractivity contribution in [3.05, 3.63) is 29.6 Å². The molecule has 0 amide bonds. The summed E-state index contributed by atoms with van der Waals surface area (Å²) in [7, 11) is 0. The Kier molecular flexibility index (Phi) is 3.43. The highest BCUT2D eigenvalue weighted by atomic mass is 15.1. The normalized spacial score (nSPS) is 25.1. The molecule has 1 aliphatic rings. The lowest BCUT2D eigenvalue weighted by Gasteiger charge is -2.17. The Hall–Kier alpha value is -1.42. The van der Waals surface area contributed by atoms with Gasteiger partial charge in [0.05, 0.1) is 0 Å². The number of aromatic nitrogens is 1. The summed E-state index contributed by atoms with van der Waals surface area (Å²) in [6.45, 7) is 7.66. The summed E-state index contributed by atoms with van der Waals surface area (Å²) in [5, 5.41) is 7.53. The Bertz CT molecular complexity index is 406. The first kappa shape index (κ1) is 12.0. The summed E-state index contributed by atoms with van der Waals surface area (Å²) in [5.41, 5.74) is 7.23. The number of nitrogens with zero attached hydrogens (tertiary/aromatic N) is 2. The van der Waals surface area contributed by atoms with Crippen molar-refractivity contribution < 1.29 is 0 Å². The highest BCUT2D eigenvalue weighted by Gasteiger charge is 2.26. The van der Waals surface area contributed by atoms with Gasteiger partial charge in [0.1, 0.15) is 11.5 Å². The zero-order valence-corrected chi connectivity index (χ0v) is 10.5. The van der Waals surface area contributed by atoms with Crippen LogP contribution in [0.15, 0.2) is 18.3 Å². The molecule has 0 radical (unpaired) electrons. The van der Waals surface area contributed by atoms with Gasteiger partial charge in [0.25, 0.3) is 0 Å². The van der Waals surface area contributed by atoms with Crippen molar-refractivity contribution >= 4 is 5.84 Å². The average molecular weight is 232 g/mol. The highest BCUT2D eigenvalue weighted by molar-refractivity contribution is 5.94. The van der Waals surface area contributed by atoms with Crippen LogP contribution in [0.2, 0.25) is 0 Å². The number of nitrogens with one attached hydrogen (secondary N) is 1. The summed E-state index contributed by atoms with van der Waals surface area (Å²) >= 11 is 0. The Morgan fingerprint density at radius 1 is 1.47 bits per heavy atom. The van der Waals surface area contributed by atoms with E-state index in [0.717, 1.165) is 37.0 Å². The molecule has 1 aromatic heterocycles. The van der Waals surface area contributed by atoms with E-state index in [1.165, 1.54) is 0 Å². The summed E-state index contributed by atoms with van der Waals surface area (Å²) in [5.74, 6) is 1.54. The van der Waals surface area contributed by atoms with Crippen molar-refractivity contribution in [2.45, 2.75) is 20.4 Å². The molecular formula is C13H20N4. The molecule has 0 spiro atoms. The number of likely N-dealkylation sites (tertiary alicyclic amines) is 1. The first-order valence-corrected chi connectivity index (χ1v) is 6.08. The number of nitrogens with two attached hydrogens (primary N) is 1. The van der Waals surface area contributed by atoms with Gasteiger partial charge in [-0.1, -0.05) is 19.9 Å². The molecule has 4 nitrogen and oxygen atoms in total. The van der Waals surface area contributed by atoms with Gasteiger partial charge in [0.15, 0.2) is 0 Å². The highest BCUT2D eigenvalue weighted by Crippen LogP contribution is 2.24. The van der Waals surface area contributed by atoms with E-state index in [1.807, 2.05) is 12.1 Å². The minimum absolute atomic E-state index is 0.0564. The second kappa shape index (κ2) is 4.84. The summed E-state index contributed by atoms with van der Waals surface area (Å²) in [6.07, 6.45) is 1.69. The van der Waals surface area contributed by atoms with Crippen molar-refractivity contribution in [1.82, 2.24) is 9.88 Å². The van der Waals surface area contributed by atoms with Crippen molar-refractivity contribution in [3.8, 4) is 0 Å². The maximum absolute atomic E-state index is 7.53. The molecule has 2 rings (SSSR count). The van der Waals surface area contributed by atoms with E-state index in [4.69, 9.17) is 11.1 Å². The van der Waals surface area contributed by atoms with E-state index < -0.39 is 0 Å². The number of pyridine rings is 1. The minimum atomic E-state index is 0.0564. The molecule has 2 heterocycles. The number of hydrogen-bond acceptors (Lipinski definition) is 3. The smallest absolute Gasteiger partial charge is 0.142 e. The van der Waals surface area contributed by atoms with E-state index in [9.17, 15) is 0 Å². The number of rotatable bonds is 3. The van der Waals surface area contributed by atoms with Gasteiger partial charge in [0, 0.05) is 25.8 Å². The molecule has 0 bridgehead atoms. The predicted octanol–water partition coefficient (Wildman–Crippen LogP) is 1.45. The third-order valence-electron chi connectivity index (χ3n) is 3.60. The van der Waals surface area contributed by atoms with Gasteiger partial charge >= 0.3 is 0 Å². The SMILES string of the molecule is CC1CN(Cc2cccnc2C(=N)N)CC1C. The first-order chi connectivity index (χ1) is 8.08. The minimum Gasteiger partial charge on any atom is -0.382 e. The zero-order chi connectivity index (χ0) is 12.4. The van der Waals surface area contributed by atoms with Crippen LogP contribution < -0.4 is 5.73 Å². The fraction of sp³-hybridized carbons (Fsp3) is 0.538. The molecule has 1 saturated heterocycles. The molecule has 1 aromatic rings. The maximum atomic E-state index is 7.53. The van der Waals surface area contributed by atoms with Gasteiger partial charge in [0.2, 0.25) is 0 Å². The second-order valence-electron chi connectivity index (χ2n) is 5.07. The van der Waals surface area contributed by atoms with Crippen LogP contribution in [0.4, 0.5) is 0 Å². The summed E-state index contributed by atoms with van der Waals surface area (Å²) < 4.78 is 0. The van der Waals surface area contributed by atoms with Gasteiger partial charge in [-0.05, 0) is 23.5 Å². The Morgan fingerprint density at radius 3 is 2.71 bits per heavy atom. The van der Waals surface area contributed by atoms with Crippen LogP contribution in [0.5, 0.6) is 0 Å². The molecule has 2 unspecified atom stereocenters. The molecule has 0 aliphatic carbocycles. The van der Waals surface area contributed by atoms with E-state index in [2.05, 4.69) is 23.7 Å². The largest absolute Gasteiger partial charge is 0.382 e. The molecule has 92 valence electrons. The number of nitrogen functional groups attached to an aromatic ring is 1.